The molecule has 0 spiro atoms. The topological polar surface area (TPSA) is 113 Å². The Hall–Kier alpha value is -2.62. The highest BCUT2D eigenvalue weighted by Gasteiger charge is 2.35. The number of hydrogen-bond acceptors (Lipinski definition) is 7. The molecule has 1 atom stereocenters. The summed E-state index contributed by atoms with van der Waals surface area (Å²) in [5, 5.41) is 8.85. The number of carbonyl (C=O) groups is 1. The van der Waals surface area contributed by atoms with E-state index in [1.54, 1.807) is 40.1 Å². The lowest BCUT2D eigenvalue weighted by atomic mass is 10.1. The lowest BCUT2D eigenvalue weighted by Gasteiger charge is -2.33. The highest BCUT2D eigenvalue weighted by atomic mass is 32.2. The van der Waals surface area contributed by atoms with E-state index in [0.717, 1.165) is 5.69 Å². The van der Waals surface area contributed by atoms with Crippen molar-refractivity contribution in [1.29, 1.82) is 0 Å². The van der Waals surface area contributed by atoms with Gasteiger partial charge in [-0.25, -0.2) is 18.2 Å². The molecule has 9 nitrogen and oxygen atoms in total. The van der Waals surface area contributed by atoms with Crippen LogP contribution in [0.25, 0.3) is 11.0 Å². The molecular formula is C20H28N4O5S. The van der Waals surface area contributed by atoms with Crippen LogP contribution in [0.15, 0.2) is 24.4 Å². The molecule has 1 saturated heterocycles. The van der Waals surface area contributed by atoms with Crippen LogP contribution in [0.3, 0.4) is 0 Å². The van der Waals surface area contributed by atoms with Crippen molar-refractivity contribution in [3.8, 4) is 5.88 Å². The van der Waals surface area contributed by atoms with Crippen molar-refractivity contribution in [1.82, 2.24) is 14.9 Å². The van der Waals surface area contributed by atoms with Crippen molar-refractivity contribution >= 4 is 32.7 Å². The van der Waals surface area contributed by atoms with Gasteiger partial charge in [0.2, 0.25) is 5.88 Å². The second-order valence-electron chi connectivity index (χ2n) is 8.38. The molecule has 10 heteroatoms. The van der Waals surface area contributed by atoms with Gasteiger partial charge in [0, 0.05) is 37.4 Å². The molecule has 2 aromatic rings. The summed E-state index contributed by atoms with van der Waals surface area (Å²) in [6.07, 6.45) is 1.05. The average molecular weight is 437 g/mol. The molecule has 1 aliphatic rings. The van der Waals surface area contributed by atoms with E-state index >= 15 is 0 Å². The molecule has 1 N–H and O–H groups in total. The van der Waals surface area contributed by atoms with Crippen molar-refractivity contribution < 1.29 is 23.1 Å². The van der Waals surface area contributed by atoms with Gasteiger partial charge in [-0.1, -0.05) is 0 Å². The van der Waals surface area contributed by atoms with E-state index in [1.807, 2.05) is 17.0 Å². The van der Waals surface area contributed by atoms with Crippen molar-refractivity contribution in [3.63, 3.8) is 0 Å². The molecule has 164 valence electrons. The highest BCUT2D eigenvalue weighted by Crippen LogP contribution is 2.30. The van der Waals surface area contributed by atoms with Crippen molar-refractivity contribution in [2.45, 2.75) is 38.0 Å². The zero-order valence-corrected chi connectivity index (χ0v) is 18.5. The predicted molar refractivity (Wildman–Crippen MR) is 115 cm³/mol. The summed E-state index contributed by atoms with van der Waals surface area (Å²) in [5.41, 5.74) is 1.53. The van der Waals surface area contributed by atoms with Gasteiger partial charge in [0.05, 0.1) is 29.3 Å². The Morgan fingerprint density at radius 1 is 1.33 bits per heavy atom. The van der Waals surface area contributed by atoms with Crippen LogP contribution in [0.2, 0.25) is 0 Å². The van der Waals surface area contributed by atoms with Gasteiger partial charge in [0.1, 0.15) is 5.52 Å². The average Bonchev–Trinajstić information content (AvgIpc) is 3.16. The maximum atomic E-state index is 12.9. The third-order valence-electron chi connectivity index (χ3n) is 5.38. The smallest absolute Gasteiger partial charge is 0.407 e. The lowest BCUT2D eigenvalue weighted by molar-refractivity contribution is 0.105. The van der Waals surface area contributed by atoms with Crippen LogP contribution in [0.5, 0.6) is 5.88 Å². The number of methoxy groups -OCH3 is 1. The zero-order chi connectivity index (χ0) is 22.1. The molecule has 0 aliphatic carbocycles. The molecule has 0 bridgehead atoms. The number of amides is 1. The van der Waals surface area contributed by atoms with Gasteiger partial charge in [0.15, 0.2) is 9.84 Å². The number of carboxylic acid groups (broad SMARTS) is 1. The summed E-state index contributed by atoms with van der Waals surface area (Å²) in [6, 6.07) is 5.39. The number of rotatable bonds is 6. The van der Waals surface area contributed by atoms with Crippen molar-refractivity contribution in [2.75, 3.05) is 37.4 Å². The molecule has 1 fully saturated rings. The van der Waals surface area contributed by atoms with E-state index in [9.17, 15) is 18.3 Å². The monoisotopic (exact) mass is 436 g/mol. The number of sulfone groups is 1. The Kier molecular flexibility index (Phi) is 6.07. The second kappa shape index (κ2) is 8.25. The number of hydrogen-bond donors (Lipinski definition) is 1. The summed E-state index contributed by atoms with van der Waals surface area (Å²) in [5.74, 6) is 0.272. The number of anilines is 1. The minimum absolute atomic E-state index is 0.0470. The van der Waals surface area contributed by atoms with Crippen LogP contribution < -0.4 is 9.64 Å². The van der Waals surface area contributed by atoms with Gasteiger partial charge in [-0.3, -0.25) is 4.98 Å². The summed E-state index contributed by atoms with van der Waals surface area (Å²) >= 11 is 0. The molecule has 0 aromatic carbocycles. The van der Waals surface area contributed by atoms with E-state index in [0.29, 0.717) is 36.4 Å². The summed E-state index contributed by atoms with van der Waals surface area (Å²) in [4.78, 5) is 23.5. The standard InChI is InChI=1S/C20H28N4O5S/c1-20(2,3)24(19(25)26)11-12-30(27,28)14-8-10-23(13-14)16-7-9-21-15-5-6-17(29-4)22-18(15)16/h5-7,9,14H,8,10-13H2,1-4H3,(H,25,26). The first kappa shape index (κ1) is 22.1. The predicted octanol–water partition coefficient (Wildman–Crippen LogP) is 2.41. The Balaban J connectivity index is 1.76. The Morgan fingerprint density at radius 3 is 2.70 bits per heavy atom. The third-order valence-corrected chi connectivity index (χ3v) is 7.53. The van der Waals surface area contributed by atoms with Crippen LogP contribution in [0.1, 0.15) is 27.2 Å². The summed E-state index contributed by atoms with van der Waals surface area (Å²) in [6.45, 7) is 6.12. The maximum Gasteiger partial charge on any atom is 0.407 e. The van der Waals surface area contributed by atoms with Crippen LogP contribution in [-0.2, 0) is 9.84 Å². The normalized spacial score (nSPS) is 17.3. The molecule has 1 amide bonds. The van der Waals surface area contributed by atoms with Crippen LogP contribution in [-0.4, -0.2) is 77.8 Å². The fourth-order valence-corrected chi connectivity index (χ4v) is 5.35. The van der Waals surface area contributed by atoms with E-state index in [2.05, 4.69) is 9.97 Å². The van der Waals surface area contributed by atoms with Gasteiger partial charge in [-0.15, -0.1) is 0 Å². The van der Waals surface area contributed by atoms with Crippen LogP contribution in [0, 0.1) is 0 Å². The molecule has 3 rings (SSSR count). The van der Waals surface area contributed by atoms with Gasteiger partial charge < -0.3 is 19.6 Å². The van der Waals surface area contributed by atoms with Gasteiger partial charge in [0.25, 0.3) is 0 Å². The Morgan fingerprint density at radius 2 is 2.07 bits per heavy atom. The SMILES string of the molecule is COc1ccc2nccc(N3CCC(S(=O)(=O)CCN(C(=O)O)C(C)(C)C)C3)c2n1. The minimum atomic E-state index is -3.46. The number of ether oxygens (including phenoxy) is 1. The highest BCUT2D eigenvalue weighted by molar-refractivity contribution is 7.92. The van der Waals surface area contributed by atoms with E-state index < -0.39 is 26.7 Å². The number of fused-ring (bicyclic) bond motifs is 1. The van der Waals surface area contributed by atoms with Gasteiger partial charge in [-0.2, -0.15) is 0 Å². The molecule has 30 heavy (non-hydrogen) atoms. The largest absolute Gasteiger partial charge is 0.481 e. The molecule has 3 heterocycles. The molecule has 0 radical (unpaired) electrons. The quantitative estimate of drug-likeness (QED) is 0.734. The fourth-order valence-electron chi connectivity index (χ4n) is 3.71. The fraction of sp³-hybridized carbons (Fsp3) is 0.550. The first-order chi connectivity index (χ1) is 14.0. The van der Waals surface area contributed by atoms with E-state index in [1.165, 1.54) is 4.90 Å². The Bertz CT molecular complexity index is 1040. The van der Waals surface area contributed by atoms with Crippen LogP contribution in [0.4, 0.5) is 10.5 Å². The molecule has 1 aliphatic heterocycles. The Labute approximate surface area is 176 Å². The third kappa shape index (κ3) is 4.58. The first-order valence-corrected chi connectivity index (χ1v) is 11.5. The minimum Gasteiger partial charge on any atom is -0.481 e. The molecular weight excluding hydrogens is 408 g/mol. The lowest BCUT2D eigenvalue weighted by Crippen LogP contribution is -2.47. The van der Waals surface area contributed by atoms with Crippen molar-refractivity contribution in [2.24, 2.45) is 0 Å². The van der Waals surface area contributed by atoms with Gasteiger partial charge in [-0.05, 0) is 39.3 Å². The molecule has 1 unspecified atom stereocenters. The number of nitrogens with zero attached hydrogens (tertiary/aromatic N) is 4. The summed E-state index contributed by atoms with van der Waals surface area (Å²) < 4.78 is 31.1. The van der Waals surface area contributed by atoms with Crippen LogP contribution >= 0.6 is 0 Å². The van der Waals surface area contributed by atoms with Gasteiger partial charge >= 0.3 is 6.09 Å². The second-order valence-corrected chi connectivity index (χ2v) is 10.8. The first-order valence-electron chi connectivity index (χ1n) is 9.80. The molecule has 2 aromatic heterocycles. The maximum absolute atomic E-state index is 12.9. The number of aromatic nitrogens is 2. The van der Waals surface area contributed by atoms with E-state index in [4.69, 9.17) is 4.74 Å². The zero-order valence-electron chi connectivity index (χ0n) is 17.7. The van der Waals surface area contributed by atoms with Crippen molar-refractivity contribution in [3.05, 3.63) is 24.4 Å². The number of pyridine rings is 2. The molecule has 0 saturated carbocycles. The van der Waals surface area contributed by atoms with E-state index in [-0.39, 0.29) is 12.3 Å². The summed E-state index contributed by atoms with van der Waals surface area (Å²) in [7, 11) is -1.92.